The Hall–Kier alpha value is -4.27. The number of halogens is 5. The minimum atomic E-state index is -0.823. The molecule has 1 amide bonds. The van der Waals surface area contributed by atoms with Gasteiger partial charge >= 0.3 is 16.8 Å². The molecule has 254 valence electrons. The molecule has 0 bridgehead atoms. The fourth-order valence-electron chi connectivity index (χ4n) is 3.02. The Kier molecular flexibility index (Phi) is 24.7. The molecular formula is C33H35ClCoF4N5O3. The zero-order valence-corrected chi connectivity index (χ0v) is 27.4. The maximum atomic E-state index is 13.0. The van der Waals surface area contributed by atoms with Crippen molar-refractivity contribution in [2.75, 3.05) is 27.2 Å². The van der Waals surface area contributed by atoms with E-state index in [9.17, 15) is 32.6 Å². The van der Waals surface area contributed by atoms with E-state index in [0.717, 1.165) is 29.7 Å². The number of carbonyl (C=O) groups excluding carboxylic acids is 1. The molecule has 4 aromatic carbocycles. The summed E-state index contributed by atoms with van der Waals surface area (Å²) in [5, 5.41) is 22.8. The van der Waals surface area contributed by atoms with Crippen molar-refractivity contribution in [3.8, 4) is 11.5 Å². The van der Waals surface area contributed by atoms with E-state index in [1.807, 2.05) is 0 Å². The third kappa shape index (κ3) is 19.1. The topological polar surface area (TPSA) is 143 Å². The van der Waals surface area contributed by atoms with E-state index >= 15 is 0 Å². The molecule has 0 unspecified atom stereocenters. The van der Waals surface area contributed by atoms with E-state index < -0.39 is 23.1 Å². The molecule has 0 aliphatic rings. The van der Waals surface area contributed by atoms with Crippen LogP contribution in [-0.2, 0) is 34.7 Å². The van der Waals surface area contributed by atoms with Crippen molar-refractivity contribution < 1.29 is 61.8 Å². The first-order valence-corrected chi connectivity index (χ1v) is 13.4. The molecule has 4 rings (SSSR count). The molecule has 0 saturated heterocycles. The third-order valence-electron chi connectivity index (χ3n) is 5.27. The van der Waals surface area contributed by atoms with Gasteiger partial charge in [0, 0.05) is 39.6 Å². The van der Waals surface area contributed by atoms with Crippen molar-refractivity contribution in [2.45, 2.75) is 13.1 Å². The predicted octanol–water partition coefficient (Wildman–Crippen LogP) is 0.925. The van der Waals surface area contributed by atoms with Gasteiger partial charge in [0.1, 0.15) is 23.3 Å². The van der Waals surface area contributed by atoms with Crippen LogP contribution in [0.5, 0.6) is 11.5 Å². The normalized spacial score (nSPS) is 9.79. The van der Waals surface area contributed by atoms with Crippen LogP contribution in [0.4, 0.5) is 17.6 Å². The van der Waals surface area contributed by atoms with Gasteiger partial charge < -0.3 is 39.0 Å². The standard InChI is InChI=1S/C16H14F2N2O2.2C7H8FN.C3H7NO.ClH.Co/c17-13-5-1-3-11(15(13)21)9-19-7-8-20-10-12-4-2-6-14(18)16(12)22;2*8-7-3-1-2-6(4-7)5-9;1-4(2)3-5;;/h1-6,9-10,21-22H,7-8H2;2*1-4H,5,9H2;3H,1-2H3;1H;/q;;;;;+3/p-3. The third-order valence-corrected chi connectivity index (χ3v) is 5.27. The fourth-order valence-corrected chi connectivity index (χ4v) is 3.02. The number of nitrogens with two attached hydrogens (primary N) is 2. The van der Waals surface area contributed by atoms with Gasteiger partial charge in [0.05, 0.1) is 13.1 Å². The quantitative estimate of drug-likeness (QED) is 0.121. The average molecular weight is 720 g/mol. The van der Waals surface area contributed by atoms with Crippen molar-refractivity contribution in [2.24, 2.45) is 21.5 Å². The van der Waals surface area contributed by atoms with Gasteiger partial charge in [0.2, 0.25) is 6.41 Å². The summed E-state index contributed by atoms with van der Waals surface area (Å²) in [6.07, 6.45) is 3.31. The molecule has 14 heteroatoms. The Balaban J connectivity index is 0. The van der Waals surface area contributed by atoms with E-state index in [2.05, 4.69) is 9.98 Å². The first-order chi connectivity index (χ1) is 21.5. The number of hydrogen-bond donors (Lipinski definition) is 2. The summed E-state index contributed by atoms with van der Waals surface area (Å²) in [4.78, 5) is 18.8. The van der Waals surface area contributed by atoms with Crippen molar-refractivity contribution in [1.29, 1.82) is 0 Å². The Morgan fingerprint density at radius 2 is 1.02 bits per heavy atom. The molecule has 0 fully saturated rings. The van der Waals surface area contributed by atoms with Gasteiger partial charge in [-0.3, -0.25) is 14.8 Å². The molecule has 4 aromatic rings. The zero-order chi connectivity index (χ0) is 33.6. The second-order valence-corrected chi connectivity index (χ2v) is 9.12. The summed E-state index contributed by atoms with van der Waals surface area (Å²) in [5.41, 5.74) is 12.5. The largest absolute Gasteiger partial charge is 3.00 e. The van der Waals surface area contributed by atoms with E-state index in [-0.39, 0.29) is 65.0 Å². The number of amides is 1. The number of hydrogen-bond acceptors (Lipinski definition) is 7. The molecule has 0 aromatic heterocycles. The van der Waals surface area contributed by atoms with Gasteiger partial charge in [-0.1, -0.05) is 60.0 Å². The van der Waals surface area contributed by atoms with E-state index in [1.165, 1.54) is 65.9 Å². The van der Waals surface area contributed by atoms with Crippen LogP contribution < -0.4 is 34.1 Å². The monoisotopic (exact) mass is 719 g/mol. The summed E-state index contributed by atoms with van der Waals surface area (Å²) in [7, 11) is 3.38. The predicted molar refractivity (Wildman–Crippen MR) is 165 cm³/mol. The summed E-state index contributed by atoms with van der Waals surface area (Å²) in [5.74, 6) is -3.50. The van der Waals surface area contributed by atoms with Crippen LogP contribution in [-0.4, -0.2) is 50.9 Å². The summed E-state index contributed by atoms with van der Waals surface area (Å²) in [6.45, 7) is 1.32. The van der Waals surface area contributed by atoms with Gasteiger partial charge in [0.25, 0.3) is 0 Å². The number of rotatable bonds is 8. The summed E-state index contributed by atoms with van der Waals surface area (Å²) < 4.78 is 50.6. The Morgan fingerprint density at radius 1 is 0.681 bits per heavy atom. The molecule has 47 heavy (non-hydrogen) atoms. The summed E-state index contributed by atoms with van der Waals surface area (Å²) in [6, 6.07) is 20.5. The SMILES string of the molecule is CN(C)C=O.NCc1cccc(F)c1.NCc1cccc(F)c1.[Cl-].[Co+3].[O-]c1c(F)cccc1C=NCCN=Cc1cccc(F)c1[O-]. The molecule has 0 saturated carbocycles. The van der Waals surface area contributed by atoms with Crippen molar-refractivity contribution in [3.63, 3.8) is 0 Å². The van der Waals surface area contributed by atoms with E-state index in [1.54, 1.807) is 38.4 Å². The number of benzene rings is 4. The fraction of sp³-hybridized carbons (Fsp3) is 0.182. The average Bonchev–Trinajstić information content (AvgIpc) is 3.03. The van der Waals surface area contributed by atoms with Gasteiger partial charge in [-0.05, 0) is 58.7 Å². The van der Waals surface area contributed by atoms with Crippen LogP contribution in [0.1, 0.15) is 22.3 Å². The molecule has 0 aliphatic heterocycles. The maximum absolute atomic E-state index is 13.0. The molecule has 0 aliphatic carbocycles. The second-order valence-electron chi connectivity index (χ2n) is 9.12. The number of para-hydroxylation sites is 2. The van der Waals surface area contributed by atoms with Crippen LogP contribution >= 0.6 is 0 Å². The molecule has 0 atom stereocenters. The smallest absolute Gasteiger partial charge is 1.00 e. The second kappa shape index (κ2) is 25.9. The Bertz CT molecular complexity index is 1420. The van der Waals surface area contributed by atoms with Crippen LogP contribution in [0.25, 0.3) is 0 Å². The molecule has 0 heterocycles. The minimum absolute atomic E-state index is 0. The van der Waals surface area contributed by atoms with Gasteiger partial charge in [-0.25, -0.2) is 17.6 Å². The number of carbonyl (C=O) groups is 1. The van der Waals surface area contributed by atoms with Crippen LogP contribution in [0, 0.1) is 23.3 Å². The Labute approximate surface area is 288 Å². The van der Waals surface area contributed by atoms with Crippen LogP contribution in [0.3, 0.4) is 0 Å². The van der Waals surface area contributed by atoms with Gasteiger partial charge in [-0.15, -0.1) is 0 Å². The van der Waals surface area contributed by atoms with Crippen molar-refractivity contribution in [3.05, 3.63) is 130 Å². The Morgan fingerprint density at radius 3 is 1.30 bits per heavy atom. The molecule has 8 nitrogen and oxygen atoms in total. The first-order valence-electron chi connectivity index (χ1n) is 13.4. The summed E-state index contributed by atoms with van der Waals surface area (Å²) >= 11 is 0. The van der Waals surface area contributed by atoms with Gasteiger partial charge in [0.15, 0.2) is 0 Å². The van der Waals surface area contributed by atoms with Gasteiger partial charge in [-0.2, -0.15) is 0 Å². The number of nitrogens with zero attached hydrogens (tertiary/aromatic N) is 3. The minimum Gasteiger partial charge on any atom is -1.00 e. The van der Waals surface area contributed by atoms with E-state index in [0.29, 0.717) is 13.1 Å². The zero-order valence-electron chi connectivity index (χ0n) is 25.6. The van der Waals surface area contributed by atoms with Crippen LogP contribution in [0.15, 0.2) is 94.9 Å². The molecule has 4 N–H and O–H groups in total. The molecule has 0 spiro atoms. The first kappa shape index (κ1) is 44.9. The van der Waals surface area contributed by atoms with Crippen molar-refractivity contribution >= 4 is 18.8 Å². The molecular weight excluding hydrogens is 685 g/mol. The van der Waals surface area contributed by atoms with Crippen molar-refractivity contribution in [1.82, 2.24) is 4.90 Å². The van der Waals surface area contributed by atoms with E-state index in [4.69, 9.17) is 11.5 Å². The maximum Gasteiger partial charge on any atom is 3.00 e. The van der Waals surface area contributed by atoms with Crippen LogP contribution in [0.2, 0.25) is 0 Å². The number of aliphatic imine (C=N–C) groups is 2. The molecule has 0 radical (unpaired) electrons.